The number of thioether (sulfide) groups is 1. The summed E-state index contributed by atoms with van der Waals surface area (Å²) in [5, 5.41) is 13.8. The van der Waals surface area contributed by atoms with E-state index in [0.29, 0.717) is 17.0 Å². The van der Waals surface area contributed by atoms with E-state index >= 15 is 0 Å². The minimum atomic E-state index is -0.194. The van der Waals surface area contributed by atoms with Crippen LogP contribution in [0.2, 0.25) is 0 Å². The fourth-order valence-electron chi connectivity index (χ4n) is 1.31. The van der Waals surface area contributed by atoms with Gasteiger partial charge in [-0.15, -0.1) is 11.8 Å². The minimum Gasteiger partial charge on any atom is -0.396 e. The maximum Gasteiger partial charge on any atom is 0.251 e. The van der Waals surface area contributed by atoms with Crippen LogP contribution in [0.15, 0.2) is 24.3 Å². The van der Waals surface area contributed by atoms with Crippen molar-refractivity contribution in [3.05, 3.63) is 29.8 Å². The Morgan fingerprint density at radius 2 is 2.17 bits per heavy atom. The molecule has 0 spiro atoms. The molecule has 0 aliphatic carbocycles. The molecular weight excluding hydrogens is 252 g/mol. The number of carbonyl (C=O) groups excluding carboxylic acids is 2. The van der Waals surface area contributed by atoms with Gasteiger partial charge >= 0.3 is 0 Å². The Balaban J connectivity index is 2.56. The van der Waals surface area contributed by atoms with Crippen molar-refractivity contribution in [3.8, 4) is 0 Å². The Labute approximate surface area is 110 Å². The molecule has 98 valence electrons. The monoisotopic (exact) mass is 268 g/mol. The molecule has 0 aliphatic heterocycles. The fourth-order valence-corrected chi connectivity index (χ4v) is 1.84. The topological polar surface area (TPSA) is 78.4 Å². The number of amides is 2. The third-order valence-electron chi connectivity index (χ3n) is 2.10. The molecule has 3 N–H and O–H groups in total. The average molecular weight is 268 g/mol. The molecule has 2 amide bonds. The van der Waals surface area contributed by atoms with Gasteiger partial charge in [-0.3, -0.25) is 9.59 Å². The Morgan fingerprint density at radius 1 is 1.39 bits per heavy atom. The van der Waals surface area contributed by atoms with E-state index in [1.165, 1.54) is 11.8 Å². The van der Waals surface area contributed by atoms with Crippen LogP contribution in [0.3, 0.4) is 0 Å². The second-order valence-corrected chi connectivity index (χ2v) is 4.59. The van der Waals surface area contributed by atoms with Gasteiger partial charge < -0.3 is 15.7 Å². The van der Waals surface area contributed by atoms with Crippen LogP contribution in [0.1, 0.15) is 10.4 Å². The molecule has 18 heavy (non-hydrogen) atoms. The van der Waals surface area contributed by atoms with Crippen LogP contribution >= 0.6 is 11.8 Å². The predicted molar refractivity (Wildman–Crippen MR) is 72.9 cm³/mol. The number of hydrogen-bond donors (Lipinski definition) is 3. The van der Waals surface area contributed by atoms with Crippen LogP contribution in [-0.4, -0.2) is 42.1 Å². The van der Waals surface area contributed by atoms with Crippen LogP contribution < -0.4 is 10.6 Å². The zero-order valence-corrected chi connectivity index (χ0v) is 10.9. The van der Waals surface area contributed by atoms with Crippen LogP contribution in [-0.2, 0) is 4.79 Å². The third kappa shape index (κ3) is 4.77. The first-order chi connectivity index (χ1) is 8.67. The average Bonchev–Trinajstić information content (AvgIpc) is 2.38. The number of anilines is 1. The van der Waals surface area contributed by atoms with Crippen molar-refractivity contribution in [1.29, 1.82) is 0 Å². The lowest BCUT2D eigenvalue weighted by molar-refractivity contribution is -0.113. The zero-order valence-electron chi connectivity index (χ0n) is 10.1. The van der Waals surface area contributed by atoms with Gasteiger partial charge in [0.1, 0.15) is 0 Å². The summed E-state index contributed by atoms with van der Waals surface area (Å²) in [6, 6.07) is 6.73. The van der Waals surface area contributed by atoms with Crippen molar-refractivity contribution in [2.45, 2.75) is 0 Å². The van der Waals surface area contributed by atoms with Gasteiger partial charge in [-0.25, -0.2) is 0 Å². The standard InChI is InChI=1S/C12H16N2O3S/c1-13-12(17)9-3-2-4-10(7-9)14-11(16)8-18-6-5-15/h2-4,7,15H,5-6,8H2,1H3,(H,13,17)(H,14,16). The molecule has 0 aromatic heterocycles. The molecule has 1 aromatic carbocycles. The van der Waals surface area contributed by atoms with Gasteiger partial charge in [0.15, 0.2) is 0 Å². The molecule has 0 saturated carbocycles. The Kier molecular flexibility index (Phi) is 6.24. The fraction of sp³-hybridized carbons (Fsp3) is 0.333. The molecule has 5 nitrogen and oxygen atoms in total. The number of carbonyl (C=O) groups is 2. The van der Waals surface area contributed by atoms with Crippen LogP contribution in [0.5, 0.6) is 0 Å². The summed E-state index contributed by atoms with van der Waals surface area (Å²) in [7, 11) is 1.55. The molecule has 0 heterocycles. The van der Waals surface area contributed by atoms with Gasteiger partial charge in [-0.1, -0.05) is 6.07 Å². The van der Waals surface area contributed by atoms with Crippen molar-refractivity contribution >= 4 is 29.3 Å². The lowest BCUT2D eigenvalue weighted by atomic mass is 10.2. The lowest BCUT2D eigenvalue weighted by Gasteiger charge is -2.06. The predicted octanol–water partition coefficient (Wildman–Crippen LogP) is 0.710. The van der Waals surface area contributed by atoms with Crippen molar-refractivity contribution in [2.75, 3.05) is 30.5 Å². The van der Waals surface area contributed by atoms with Gasteiger partial charge in [0.25, 0.3) is 5.91 Å². The summed E-state index contributed by atoms with van der Waals surface area (Å²) in [5.74, 6) is 0.472. The largest absolute Gasteiger partial charge is 0.396 e. The molecule has 1 rings (SSSR count). The maximum absolute atomic E-state index is 11.5. The number of nitrogens with one attached hydrogen (secondary N) is 2. The van der Waals surface area contributed by atoms with E-state index in [2.05, 4.69) is 10.6 Å². The van der Waals surface area contributed by atoms with Crippen LogP contribution in [0.4, 0.5) is 5.69 Å². The lowest BCUT2D eigenvalue weighted by Crippen LogP contribution is -2.19. The summed E-state index contributed by atoms with van der Waals surface area (Å²) in [6.45, 7) is 0.0596. The summed E-state index contributed by atoms with van der Waals surface area (Å²) in [6.07, 6.45) is 0. The van der Waals surface area contributed by atoms with E-state index in [1.54, 1.807) is 31.3 Å². The van der Waals surface area contributed by atoms with Gasteiger partial charge in [0, 0.05) is 24.1 Å². The van der Waals surface area contributed by atoms with Gasteiger partial charge in [0.2, 0.25) is 5.91 Å². The quantitative estimate of drug-likeness (QED) is 0.664. The molecule has 0 atom stereocenters. The van der Waals surface area contributed by atoms with E-state index in [0.717, 1.165) is 0 Å². The molecule has 1 aromatic rings. The smallest absolute Gasteiger partial charge is 0.251 e. The highest BCUT2D eigenvalue weighted by Gasteiger charge is 2.06. The van der Waals surface area contributed by atoms with E-state index in [4.69, 9.17) is 5.11 Å². The summed E-state index contributed by atoms with van der Waals surface area (Å²) in [4.78, 5) is 22.9. The van der Waals surface area contributed by atoms with E-state index in [1.807, 2.05) is 0 Å². The molecule has 0 saturated heterocycles. The normalized spacial score (nSPS) is 9.89. The number of aliphatic hydroxyl groups is 1. The van der Waals surface area contributed by atoms with Gasteiger partial charge in [-0.05, 0) is 18.2 Å². The molecule has 0 unspecified atom stereocenters. The third-order valence-corrected chi connectivity index (χ3v) is 3.04. The van der Waals surface area contributed by atoms with Gasteiger partial charge in [0.05, 0.1) is 12.4 Å². The van der Waals surface area contributed by atoms with E-state index in [9.17, 15) is 9.59 Å². The van der Waals surface area contributed by atoms with Crippen molar-refractivity contribution in [3.63, 3.8) is 0 Å². The van der Waals surface area contributed by atoms with Crippen molar-refractivity contribution < 1.29 is 14.7 Å². The van der Waals surface area contributed by atoms with Crippen LogP contribution in [0.25, 0.3) is 0 Å². The molecule has 0 fully saturated rings. The highest BCUT2D eigenvalue weighted by molar-refractivity contribution is 7.99. The van der Waals surface area contributed by atoms with E-state index in [-0.39, 0.29) is 24.2 Å². The first-order valence-corrected chi connectivity index (χ1v) is 6.63. The Morgan fingerprint density at radius 3 is 2.83 bits per heavy atom. The molecule has 0 radical (unpaired) electrons. The first kappa shape index (κ1) is 14.5. The van der Waals surface area contributed by atoms with Crippen molar-refractivity contribution in [2.24, 2.45) is 0 Å². The maximum atomic E-state index is 11.5. The molecule has 0 bridgehead atoms. The highest BCUT2D eigenvalue weighted by Crippen LogP contribution is 2.11. The molecule has 0 aliphatic rings. The van der Waals surface area contributed by atoms with Crippen molar-refractivity contribution in [1.82, 2.24) is 5.32 Å². The minimum absolute atomic E-state index is 0.0596. The number of benzene rings is 1. The Hall–Kier alpha value is -1.53. The Bertz CT molecular complexity index is 424. The summed E-state index contributed by atoms with van der Waals surface area (Å²) in [5.41, 5.74) is 1.09. The van der Waals surface area contributed by atoms with E-state index < -0.39 is 0 Å². The zero-order chi connectivity index (χ0) is 13.4. The highest BCUT2D eigenvalue weighted by atomic mass is 32.2. The van der Waals surface area contributed by atoms with Crippen LogP contribution in [0, 0.1) is 0 Å². The van der Waals surface area contributed by atoms with Gasteiger partial charge in [-0.2, -0.15) is 0 Å². The first-order valence-electron chi connectivity index (χ1n) is 5.48. The summed E-state index contributed by atoms with van der Waals surface area (Å²) >= 11 is 1.35. The second-order valence-electron chi connectivity index (χ2n) is 3.48. The number of aliphatic hydroxyl groups excluding tert-OH is 1. The SMILES string of the molecule is CNC(=O)c1cccc(NC(=O)CSCCO)c1. The molecule has 6 heteroatoms. The summed E-state index contributed by atoms with van der Waals surface area (Å²) < 4.78 is 0. The molecular formula is C12H16N2O3S. The number of rotatable bonds is 6. The number of hydrogen-bond acceptors (Lipinski definition) is 4. The second kappa shape index (κ2) is 7.73.